The van der Waals surface area contributed by atoms with Crippen LogP contribution >= 0.6 is 31.3 Å². The van der Waals surface area contributed by atoms with Gasteiger partial charge in [-0.3, -0.25) is 56.1 Å². The first kappa shape index (κ1) is 58.1. The van der Waals surface area contributed by atoms with E-state index in [-0.39, 0.29) is 64.4 Å². The number of imidazole rings is 3. The molecule has 0 aliphatic carbocycles. The number of nitrogens with zero attached hydrogens (tertiary/aromatic N) is 9. The van der Waals surface area contributed by atoms with E-state index >= 15 is 0 Å². The number of hydrogen-bond donors (Lipinski definition) is 13. The number of aromatic nitrogens is 10. The number of methoxy groups -OCH3 is 1. The van der Waals surface area contributed by atoms with Gasteiger partial charge >= 0.3 is 31.3 Å². The number of nitrogens with two attached hydrogens (primary N) is 3. The highest BCUT2D eigenvalue weighted by Crippen LogP contribution is 2.68. The summed E-state index contributed by atoms with van der Waals surface area (Å²) in [6, 6.07) is 0. The molecule has 9 rings (SSSR count). The molecule has 4 aliphatic heterocycles. The molecule has 43 heteroatoms. The molecule has 432 valence electrons. The maximum Gasteiger partial charge on any atom is 0.490 e. The fourth-order valence-corrected chi connectivity index (χ4v) is 13.3. The number of aliphatic hydroxyl groups is 3. The van der Waals surface area contributed by atoms with Crippen molar-refractivity contribution in [2.24, 2.45) is 16.6 Å². The molecule has 1 amide bonds. The van der Waals surface area contributed by atoms with Gasteiger partial charge in [-0.05, 0) is 12.8 Å². The maximum absolute atomic E-state index is 13.8. The molecule has 79 heavy (non-hydrogen) atoms. The van der Waals surface area contributed by atoms with E-state index in [0.717, 1.165) is 28.9 Å². The Bertz CT molecular complexity index is 3480. The summed E-state index contributed by atoms with van der Waals surface area (Å²) in [5.41, 5.74) is 15.8. The Morgan fingerprint density at radius 2 is 1.23 bits per heavy atom. The van der Waals surface area contributed by atoms with Crippen LogP contribution in [0, 0.1) is 5.92 Å². The smallest absolute Gasteiger partial charge is 0.397 e. The molecule has 3 fully saturated rings. The summed E-state index contributed by atoms with van der Waals surface area (Å²) in [6.45, 7) is -3.64. The van der Waals surface area contributed by atoms with Gasteiger partial charge in [-0.15, -0.1) is 0 Å². The largest absolute Gasteiger partial charge is 0.490 e. The number of rotatable bonds is 22. The van der Waals surface area contributed by atoms with Crippen molar-refractivity contribution >= 4 is 89.7 Å². The number of phosphoric acid groups is 4. The summed E-state index contributed by atoms with van der Waals surface area (Å²) in [5.74, 6) is -1.73. The van der Waals surface area contributed by atoms with Crippen molar-refractivity contribution in [1.82, 2.24) is 53.9 Å². The fourth-order valence-electron chi connectivity index (χ4n) is 8.86. The minimum atomic E-state index is -6.22. The predicted molar refractivity (Wildman–Crippen MR) is 259 cm³/mol. The van der Waals surface area contributed by atoms with Crippen molar-refractivity contribution in [3.63, 3.8) is 0 Å². The number of aliphatic hydroxyl groups excluding tert-OH is 3. The van der Waals surface area contributed by atoms with Crippen LogP contribution in [0.5, 0.6) is 0 Å². The number of allylic oxidation sites excluding steroid dienone is 1. The van der Waals surface area contributed by atoms with Gasteiger partial charge in [0.1, 0.15) is 48.4 Å². The highest BCUT2D eigenvalue weighted by Gasteiger charge is 2.54. The van der Waals surface area contributed by atoms with Gasteiger partial charge in [-0.1, -0.05) is 6.08 Å². The molecule has 16 N–H and O–H groups in total. The molecule has 0 radical (unpaired) electrons. The van der Waals surface area contributed by atoms with E-state index < -0.39 is 136 Å². The number of nitrogen functional groups attached to an aromatic ring is 2. The van der Waals surface area contributed by atoms with Gasteiger partial charge in [-0.2, -0.15) is 18.6 Å². The lowest BCUT2D eigenvalue weighted by Gasteiger charge is -2.26. The predicted octanol–water partition coefficient (Wildman–Crippen LogP) is -2.87. The van der Waals surface area contributed by atoms with Crippen LogP contribution in [0.1, 0.15) is 37.2 Å². The molecule has 0 spiro atoms. The normalized spacial score (nSPS) is 30.3. The zero-order chi connectivity index (χ0) is 56.9. The molecule has 4 aliphatic rings. The first-order valence-corrected chi connectivity index (χ1v) is 28.8. The standard InChI is InChI=1S/C36H49N15O24P4/c1-66-26-25(73-76(58,59)67-8-17-23(54)24(55)33(71-17)51-12-44-21-29(51)46-36(39)48-31(21)57)18(72-34(26)49-10-42-19-15(37)4-2-3-5-41-27(19)49)9-69-78(62,63)75-79(64,65)74-77(60,61)68-7-16-14(6-40-13-52)22(53)32(70-16)50-11-43-20-28(50)45-35(38)47-30(20)56/h4-5,10-14,16-18,22-26,32-34,53-55H,2-3,6-9,37H2,1H3,(H,40,52)(H,58,59)(H,60,61)(H,62,63)(H,64,65)(H3,38,45,47,56)(H3,39,46,48,57)/t14-,16-,17-,18-,22-,23-,24-,25-,26-,32-,33-,34-/m1/s1. The summed E-state index contributed by atoms with van der Waals surface area (Å²) in [4.78, 5) is 108. The van der Waals surface area contributed by atoms with Gasteiger partial charge in [-0.25, -0.2) is 38.2 Å². The van der Waals surface area contributed by atoms with Crippen molar-refractivity contribution < 1.29 is 104 Å². The van der Waals surface area contributed by atoms with Crippen molar-refractivity contribution in [2.75, 3.05) is 44.9 Å². The number of aliphatic imine (C=N–C) groups is 1. The molecule has 3 saturated heterocycles. The first-order chi connectivity index (χ1) is 37.3. The number of ether oxygens (including phenoxy) is 4. The minimum Gasteiger partial charge on any atom is -0.397 e. The van der Waals surface area contributed by atoms with E-state index in [1.165, 1.54) is 17.1 Å². The lowest BCUT2D eigenvalue weighted by atomic mass is 9.98. The Kier molecular flexibility index (Phi) is 16.7. The molecule has 16 atom stereocenters. The summed E-state index contributed by atoms with van der Waals surface area (Å²) in [6.07, 6.45) is -10.1. The maximum atomic E-state index is 13.8. The Hall–Kier alpha value is -5.57. The van der Waals surface area contributed by atoms with Gasteiger partial charge < -0.3 is 76.4 Å². The number of carbonyl (C=O) groups excluding carboxylic acids is 1. The van der Waals surface area contributed by atoms with Gasteiger partial charge in [0.05, 0.1) is 50.6 Å². The zero-order valence-electron chi connectivity index (χ0n) is 40.3. The number of fused-ring (bicyclic) bond motifs is 3. The lowest BCUT2D eigenvalue weighted by molar-refractivity contribution is -0.109. The third-order valence-electron chi connectivity index (χ3n) is 12.4. The summed E-state index contributed by atoms with van der Waals surface area (Å²) in [5, 5.41) is 35.3. The fraction of sp³-hybridized carbons (Fsp3) is 0.528. The number of hydrogen-bond acceptors (Lipinski definition) is 29. The zero-order valence-corrected chi connectivity index (χ0v) is 43.8. The number of carbonyl (C=O) groups is 1. The molecule has 0 bridgehead atoms. The van der Waals surface area contributed by atoms with E-state index in [9.17, 15) is 67.5 Å². The molecular weight excluding hydrogens is 1150 g/mol. The van der Waals surface area contributed by atoms with Crippen LogP contribution < -0.4 is 33.6 Å². The molecule has 5 aromatic rings. The second-order valence-electron chi connectivity index (χ2n) is 17.5. The molecule has 0 aromatic carbocycles. The van der Waals surface area contributed by atoms with E-state index in [4.69, 9.17) is 54.2 Å². The third kappa shape index (κ3) is 12.4. The number of aromatic amines is 2. The molecule has 9 heterocycles. The van der Waals surface area contributed by atoms with Crippen molar-refractivity contribution in [2.45, 2.75) is 80.4 Å². The second-order valence-corrected chi connectivity index (χ2v) is 23.5. The molecule has 5 aromatic heterocycles. The number of amides is 1. The van der Waals surface area contributed by atoms with Crippen LogP contribution in [0.2, 0.25) is 0 Å². The minimum absolute atomic E-state index is 0.0826. The molecule has 39 nitrogen and oxygen atoms in total. The third-order valence-corrected chi connectivity index (χ3v) is 17.6. The number of nitrogens with one attached hydrogen (secondary N) is 3. The highest BCUT2D eigenvalue weighted by atomic mass is 31.3. The van der Waals surface area contributed by atoms with Crippen LogP contribution in [0.3, 0.4) is 0 Å². The Balaban J connectivity index is 0.881. The second kappa shape index (κ2) is 22.8. The average molecular weight is 1200 g/mol. The summed E-state index contributed by atoms with van der Waals surface area (Å²) < 4.78 is 109. The molecule has 4 unspecified atom stereocenters. The van der Waals surface area contributed by atoms with Crippen LogP contribution in [-0.2, 0) is 68.7 Å². The quantitative estimate of drug-likeness (QED) is 0.0245. The van der Waals surface area contributed by atoms with Gasteiger partial charge in [0.2, 0.25) is 18.3 Å². The van der Waals surface area contributed by atoms with Crippen LogP contribution in [-0.4, -0.2) is 178 Å². The Morgan fingerprint density at radius 1 is 0.696 bits per heavy atom. The van der Waals surface area contributed by atoms with Crippen molar-refractivity contribution in [1.29, 1.82) is 0 Å². The van der Waals surface area contributed by atoms with E-state index in [1.807, 2.05) is 0 Å². The van der Waals surface area contributed by atoms with Crippen LogP contribution in [0.4, 0.5) is 17.7 Å². The number of phosphoric ester groups is 3. The van der Waals surface area contributed by atoms with E-state index in [1.54, 1.807) is 6.08 Å². The molecular formula is C36H49N15O24P4. The number of anilines is 2. The van der Waals surface area contributed by atoms with Crippen molar-refractivity contribution in [3.05, 3.63) is 51.5 Å². The summed E-state index contributed by atoms with van der Waals surface area (Å²) >= 11 is 0. The van der Waals surface area contributed by atoms with Gasteiger partial charge in [0.25, 0.3) is 11.1 Å². The average Bonchev–Trinajstić information content (AvgIpc) is 4.41. The van der Waals surface area contributed by atoms with Crippen LogP contribution in [0.15, 0.2) is 39.6 Å². The van der Waals surface area contributed by atoms with E-state index in [0.29, 0.717) is 12.8 Å². The Labute approximate surface area is 439 Å². The van der Waals surface area contributed by atoms with Gasteiger partial charge in [0, 0.05) is 25.8 Å². The van der Waals surface area contributed by atoms with Crippen molar-refractivity contribution in [3.8, 4) is 0 Å². The SMILES string of the molecule is CO[C@@H]1[C@H](OP(=O)(O)OC[C@H]2O[C@@H](n3cnc4c(=O)[nH]c(N)nc43)[C@H](O)[C@@H]2O)[C@@H](COP(=O)(O)OP(=O)(O)OP(=O)(O)OC[C@H]2O[C@@H](n3cnc4c(=O)[nH]c(N)nc43)[C@H](O)[C@@H]2CNC=O)O[C@H]1n1cnc2c1N=CCCC=C2N. The van der Waals surface area contributed by atoms with E-state index in [2.05, 4.69) is 53.8 Å². The monoisotopic (exact) mass is 1200 g/mol. The topological polar surface area (TPSA) is 567 Å². The number of H-pyrrole nitrogens is 2. The van der Waals surface area contributed by atoms with Crippen LogP contribution in [0.25, 0.3) is 28.0 Å². The van der Waals surface area contributed by atoms with Gasteiger partial charge in [0.15, 0.2) is 46.8 Å². The lowest BCUT2D eigenvalue weighted by Crippen LogP contribution is -2.38. The Morgan fingerprint density at radius 3 is 1.82 bits per heavy atom. The first-order valence-electron chi connectivity index (χ1n) is 22.9. The summed E-state index contributed by atoms with van der Waals surface area (Å²) in [7, 11) is -22.4. The highest BCUT2D eigenvalue weighted by molar-refractivity contribution is 7.66. The molecule has 0 saturated carbocycles.